The maximum Gasteiger partial charge on any atom is 0.264 e. The van der Waals surface area contributed by atoms with E-state index in [1.165, 1.54) is 6.20 Å². The highest BCUT2D eigenvalue weighted by Gasteiger charge is 2.45. The maximum absolute atomic E-state index is 13.4. The number of halogens is 1. The molecule has 5 amide bonds. The van der Waals surface area contributed by atoms with Gasteiger partial charge < -0.3 is 25.6 Å². The molecule has 4 heterocycles. The number of para-hydroxylation sites is 1. The van der Waals surface area contributed by atoms with Gasteiger partial charge in [-0.1, -0.05) is 49.1 Å². The number of likely N-dealkylation sites (tertiary alicyclic amines) is 1. The van der Waals surface area contributed by atoms with Gasteiger partial charge in [0.15, 0.2) is 15.7 Å². The topological polar surface area (TPSA) is 209 Å². The van der Waals surface area contributed by atoms with Crippen LogP contribution in [-0.4, -0.2) is 94.8 Å². The Balaban J connectivity index is 0.867. The highest BCUT2D eigenvalue weighted by Crippen LogP contribution is 2.39. The van der Waals surface area contributed by atoms with Crippen LogP contribution in [0, 0.1) is 6.92 Å². The number of hydrogen-bond acceptors (Lipinski definition) is 13. The fourth-order valence-corrected chi connectivity index (χ4v) is 10.2. The van der Waals surface area contributed by atoms with Crippen LogP contribution in [0.5, 0.6) is 5.75 Å². The molecule has 4 aromatic rings. The first-order valence-corrected chi connectivity index (χ1v) is 25.0. The zero-order valence-electron chi connectivity index (χ0n) is 38.6. The molecule has 0 spiro atoms. The molecule has 356 valence electrons. The first-order chi connectivity index (χ1) is 32.0. The molecule has 16 nitrogen and oxygen atoms in total. The predicted octanol–water partition coefficient (Wildman–Crippen LogP) is 8.45. The fraction of sp³-hybridized carbons (Fsp3) is 0.449. The summed E-state index contributed by atoms with van der Waals surface area (Å²) in [7, 11) is -3.59. The third-order valence-electron chi connectivity index (χ3n) is 12.4. The zero-order chi connectivity index (χ0) is 48.0. The van der Waals surface area contributed by atoms with Crippen molar-refractivity contribution in [2.45, 2.75) is 127 Å². The van der Waals surface area contributed by atoms with Gasteiger partial charge in [0.05, 0.1) is 44.9 Å². The maximum atomic E-state index is 13.4. The monoisotopic (exact) mass is 954 g/mol. The molecule has 7 rings (SSSR count). The van der Waals surface area contributed by atoms with Crippen molar-refractivity contribution in [1.29, 1.82) is 0 Å². The standard InChI is InChI=1S/C49H59ClN8O8S/c1-29(2)66-40-27-34(31(5)26-38(40)54-49-52-28-35(50)45(56-49)53-36-15-10-11-17-41(36)67(64,65)30(3)4)32-21-24-57(25-22-32)43(60)18-9-7-6-8-12-23-51-37-16-13-14-33-44(37)48(63)58(47(33)62)39-19-20-42(59)55-46(39)61/h10-11,13-17,26-30,32,39,51H,6-9,12,18-25H2,1-5H3,(H,55,59,61)(H2,52,53,54,56). The Morgan fingerprint density at radius 1 is 0.881 bits per heavy atom. The molecule has 1 unspecified atom stereocenters. The number of aryl methyl sites for hydroxylation is 1. The molecule has 3 aromatic carbocycles. The molecular weight excluding hydrogens is 896 g/mol. The number of carbonyl (C=O) groups is 5. The van der Waals surface area contributed by atoms with Crippen molar-refractivity contribution in [3.05, 3.63) is 88.1 Å². The summed E-state index contributed by atoms with van der Waals surface area (Å²) in [5.41, 5.74) is 4.30. The minimum atomic E-state index is -3.59. The third-order valence-corrected chi connectivity index (χ3v) is 14.9. The fourth-order valence-electron chi connectivity index (χ4n) is 8.84. The molecule has 67 heavy (non-hydrogen) atoms. The number of benzene rings is 3. The number of aromatic nitrogens is 2. The molecule has 1 atom stereocenters. The lowest BCUT2D eigenvalue weighted by atomic mass is 9.86. The Kier molecular flexibility index (Phi) is 15.5. The van der Waals surface area contributed by atoms with Gasteiger partial charge in [-0.3, -0.25) is 34.2 Å². The van der Waals surface area contributed by atoms with Crippen LogP contribution in [0.1, 0.15) is 130 Å². The number of nitrogens with one attached hydrogen (secondary N) is 4. The lowest BCUT2D eigenvalue weighted by Crippen LogP contribution is -2.54. The molecule has 0 radical (unpaired) electrons. The summed E-state index contributed by atoms with van der Waals surface area (Å²) in [5, 5.41) is 11.5. The normalized spacial score (nSPS) is 16.7. The lowest BCUT2D eigenvalue weighted by Gasteiger charge is -2.33. The Morgan fingerprint density at radius 3 is 2.33 bits per heavy atom. The molecule has 3 aliphatic heterocycles. The van der Waals surface area contributed by atoms with Gasteiger partial charge in [0, 0.05) is 38.2 Å². The van der Waals surface area contributed by atoms with E-state index in [2.05, 4.69) is 44.2 Å². The number of fused-ring (bicyclic) bond motifs is 1. The molecule has 1 aromatic heterocycles. The van der Waals surface area contributed by atoms with Crippen molar-refractivity contribution in [3.63, 3.8) is 0 Å². The van der Waals surface area contributed by atoms with Crippen LogP contribution >= 0.6 is 11.6 Å². The highest BCUT2D eigenvalue weighted by molar-refractivity contribution is 7.92. The van der Waals surface area contributed by atoms with Gasteiger partial charge in [-0.25, -0.2) is 13.4 Å². The quantitative estimate of drug-likeness (QED) is 0.0514. The number of rotatable bonds is 19. The van der Waals surface area contributed by atoms with Crippen LogP contribution in [-0.2, 0) is 24.2 Å². The van der Waals surface area contributed by atoms with E-state index in [9.17, 15) is 32.4 Å². The van der Waals surface area contributed by atoms with E-state index < -0.39 is 44.8 Å². The Bertz CT molecular complexity index is 2650. The first kappa shape index (κ1) is 48.9. The van der Waals surface area contributed by atoms with Gasteiger partial charge >= 0.3 is 0 Å². The number of imide groups is 2. The van der Waals surface area contributed by atoms with Crippen LogP contribution in [0.2, 0.25) is 5.02 Å². The van der Waals surface area contributed by atoms with Gasteiger partial charge in [0.25, 0.3) is 11.8 Å². The van der Waals surface area contributed by atoms with Gasteiger partial charge in [-0.2, -0.15) is 4.98 Å². The van der Waals surface area contributed by atoms with Gasteiger partial charge in [-0.15, -0.1) is 0 Å². The molecule has 4 N–H and O–H groups in total. The zero-order valence-corrected chi connectivity index (χ0v) is 40.2. The number of nitrogens with zero attached hydrogens (tertiary/aromatic N) is 4. The second-order valence-corrected chi connectivity index (χ2v) is 20.8. The molecule has 0 saturated carbocycles. The average Bonchev–Trinajstić information content (AvgIpc) is 3.55. The molecule has 0 bridgehead atoms. The first-order valence-electron chi connectivity index (χ1n) is 23.1. The molecule has 2 fully saturated rings. The van der Waals surface area contributed by atoms with E-state index in [1.807, 2.05) is 24.8 Å². The predicted molar refractivity (Wildman–Crippen MR) is 257 cm³/mol. The summed E-state index contributed by atoms with van der Waals surface area (Å²) in [5.74, 6) is -0.572. The van der Waals surface area contributed by atoms with E-state index in [0.717, 1.165) is 61.0 Å². The largest absolute Gasteiger partial charge is 0.489 e. The second kappa shape index (κ2) is 21.3. The Hall–Kier alpha value is -6.07. The SMILES string of the molecule is Cc1cc(Nc2ncc(Cl)c(Nc3ccccc3S(=O)(=O)C(C)C)n2)c(OC(C)C)cc1C1CCN(C(=O)CCCCCCCNc2cccc3c2C(=O)N(C2CCC(=O)NC2=O)C3=O)CC1. The van der Waals surface area contributed by atoms with Crippen LogP contribution < -0.4 is 26.0 Å². The van der Waals surface area contributed by atoms with Crippen LogP contribution in [0.3, 0.4) is 0 Å². The highest BCUT2D eigenvalue weighted by atomic mass is 35.5. The van der Waals surface area contributed by atoms with E-state index >= 15 is 0 Å². The molecule has 18 heteroatoms. The third kappa shape index (κ3) is 11.2. The second-order valence-electron chi connectivity index (χ2n) is 17.9. The average molecular weight is 956 g/mol. The number of carbonyl (C=O) groups excluding carboxylic acids is 5. The number of anilines is 5. The van der Waals surface area contributed by atoms with Gasteiger partial charge in [0.1, 0.15) is 16.8 Å². The molecule has 0 aliphatic carbocycles. The van der Waals surface area contributed by atoms with Crippen molar-refractivity contribution in [2.24, 2.45) is 0 Å². The van der Waals surface area contributed by atoms with E-state index in [4.69, 9.17) is 16.3 Å². The van der Waals surface area contributed by atoms with Crippen LogP contribution in [0.15, 0.2) is 65.7 Å². The van der Waals surface area contributed by atoms with E-state index in [-0.39, 0.29) is 63.6 Å². The van der Waals surface area contributed by atoms with Crippen molar-refractivity contribution < 1.29 is 37.1 Å². The molecular formula is C49H59ClN8O8S. The Morgan fingerprint density at radius 2 is 1.60 bits per heavy atom. The summed E-state index contributed by atoms with van der Waals surface area (Å²) in [4.78, 5) is 76.0. The van der Waals surface area contributed by atoms with E-state index in [1.54, 1.807) is 56.3 Å². The minimum Gasteiger partial charge on any atom is -0.489 e. The van der Waals surface area contributed by atoms with Crippen molar-refractivity contribution in [1.82, 2.24) is 25.1 Å². The lowest BCUT2D eigenvalue weighted by molar-refractivity contribution is -0.136. The van der Waals surface area contributed by atoms with Crippen molar-refractivity contribution >= 4 is 79.8 Å². The molecule has 3 aliphatic rings. The smallest absolute Gasteiger partial charge is 0.264 e. The van der Waals surface area contributed by atoms with Gasteiger partial charge in [0.2, 0.25) is 23.7 Å². The number of unbranched alkanes of at least 4 members (excludes halogenated alkanes) is 4. The number of hydrogen-bond donors (Lipinski definition) is 4. The summed E-state index contributed by atoms with van der Waals surface area (Å²) in [6.45, 7) is 11.2. The van der Waals surface area contributed by atoms with Crippen LogP contribution in [0.4, 0.5) is 28.8 Å². The number of piperidine rings is 2. The summed E-state index contributed by atoms with van der Waals surface area (Å²) >= 11 is 6.51. The number of ether oxygens (including phenoxy) is 1. The summed E-state index contributed by atoms with van der Waals surface area (Å²) in [6.07, 6.45) is 8.11. The van der Waals surface area contributed by atoms with Gasteiger partial charge in [-0.05, 0) is 120 Å². The van der Waals surface area contributed by atoms with Crippen molar-refractivity contribution in [3.8, 4) is 5.75 Å². The molecule has 2 saturated heterocycles. The summed E-state index contributed by atoms with van der Waals surface area (Å²) < 4.78 is 32.5. The summed E-state index contributed by atoms with van der Waals surface area (Å²) in [6, 6.07) is 14.8. The number of amides is 5. The minimum absolute atomic E-state index is 0.0664. The van der Waals surface area contributed by atoms with Crippen molar-refractivity contribution in [2.75, 3.05) is 35.6 Å². The Labute approximate surface area is 396 Å². The van der Waals surface area contributed by atoms with E-state index in [0.29, 0.717) is 48.9 Å². The van der Waals surface area contributed by atoms with Crippen LogP contribution in [0.25, 0.3) is 0 Å². The number of sulfone groups is 1.